The fourth-order valence-corrected chi connectivity index (χ4v) is 1.83. The Morgan fingerprint density at radius 3 is 2.62 bits per heavy atom. The highest BCUT2D eigenvalue weighted by Gasteiger charge is 2.11. The third-order valence-corrected chi connectivity index (χ3v) is 2.91. The van der Waals surface area contributed by atoms with Gasteiger partial charge in [0.25, 0.3) is 5.91 Å². The van der Waals surface area contributed by atoms with Gasteiger partial charge in [-0.1, -0.05) is 12.1 Å². The van der Waals surface area contributed by atoms with Crippen LogP contribution in [-0.4, -0.2) is 28.6 Å². The second-order valence-corrected chi connectivity index (χ2v) is 4.61. The van der Waals surface area contributed by atoms with E-state index in [4.69, 9.17) is 21.3 Å². The Kier molecular flexibility index (Phi) is 4.86. The molecule has 0 bridgehead atoms. The molecule has 1 aromatic carbocycles. The van der Waals surface area contributed by atoms with E-state index in [0.717, 1.165) is 5.56 Å². The van der Waals surface area contributed by atoms with Gasteiger partial charge in [-0.15, -0.1) is 0 Å². The average Bonchev–Trinajstić information content (AvgIpc) is 2.49. The van der Waals surface area contributed by atoms with Gasteiger partial charge in [0, 0.05) is 12.2 Å². The maximum Gasteiger partial charge on any atom is 0.254 e. The van der Waals surface area contributed by atoms with Crippen LogP contribution in [0.2, 0.25) is 0 Å². The van der Waals surface area contributed by atoms with Crippen LogP contribution in [-0.2, 0) is 6.42 Å². The van der Waals surface area contributed by atoms with E-state index in [0.29, 0.717) is 12.2 Å². The molecule has 0 aliphatic carbocycles. The number of benzene rings is 1. The Morgan fingerprint density at radius 2 is 2.00 bits per heavy atom. The van der Waals surface area contributed by atoms with Crippen molar-refractivity contribution >= 4 is 5.91 Å². The maximum absolute atomic E-state index is 11.3. The zero-order chi connectivity index (χ0) is 15.2. The first-order chi connectivity index (χ1) is 10.1. The Balaban J connectivity index is 2.12. The van der Waals surface area contributed by atoms with Crippen LogP contribution in [0, 0.1) is 0 Å². The van der Waals surface area contributed by atoms with Crippen molar-refractivity contribution in [2.45, 2.75) is 12.5 Å². The summed E-state index contributed by atoms with van der Waals surface area (Å²) in [6, 6.07) is 10.1. The number of pyridine rings is 1. The molecule has 5 N–H and O–H groups in total. The summed E-state index contributed by atoms with van der Waals surface area (Å²) in [5.74, 6) is 0.117. The van der Waals surface area contributed by atoms with Gasteiger partial charge in [0.15, 0.2) is 0 Å². The van der Waals surface area contributed by atoms with Crippen LogP contribution in [0.15, 0.2) is 42.6 Å². The number of nitrogens with zero attached hydrogens (tertiary/aromatic N) is 1. The van der Waals surface area contributed by atoms with Gasteiger partial charge in [0.05, 0.1) is 6.61 Å². The van der Waals surface area contributed by atoms with Gasteiger partial charge < -0.3 is 21.3 Å². The van der Waals surface area contributed by atoms with E-state index in [-0.39, 0.29) is 24.1 Å². The molecule has 1 aromatic heterocycles. The molecule has 2 rings (SSSR count). The largest absolute Gasteiger partial charge is 0.438 e. The van der Waals surface area contributed by atoms with Crippen LogP contribution in [0.3, 0.4) is 0 Å². The second kappa shape index (κ2) is 6.83. The summed E-state index contributed by atoms with van der Waals surface area (Å²) in [7, 11) is 0. The molecule has 0 fully saturated rings. The van der Waals surface area contributed by atoms with Crippen molar-refractivity contribution in [3.8, 4) is 11.6 Å². The van der Waals surface area contributed by atoms with E-state index in [9.17, 15) is 4.79 Å². The van der Waals surface area contributed by atoms with Crippen molar-refractivity contribution < 1.29 is 14.6 Å². The minimum Gasteiger partial charge on any atom is -0.438 e. The average molecular weight is 287 g/mol. The number of nitrogens with two attached hydrogens (primary N) is 2. The number of amides is 1. The van der Waals surface area contributed by atoms with Crippen molar-refractivity contribution in [2.75, 3.05) is 6.61 Å². The highest BCUT2D eigenvalue weighted by molar-refractivity contribution is 5.95. The number of ether oxygens (including phenoxy) is 1. The van der Waals surface area contributed by atoms with Gasteiger partial charge in [-0.2, -0.15) is 0 Å². The third-order valence-electron chi connectivity index (χ3n) is 2.91. The lowest BCUT2D eigenvalue weighted by molar-refractivity contribution is 0.0997. The number of primary amides is 1. The molecule has 21 heavy (non-hydrogen) atoms. The number of aromatic nitrogens is 1. The van der Waals surface area contributed by atoms with Gasteiger partial charge in [0.1, 0.15) is 11.3 Å². The lowest BCUT2D eigenvalue weighted by Crippen LogP contribution is -2.26. The SMILES string of the molecule is NC(=O)c1cccnc1Oc1ccc(CC(N)CO)cc1. The van der Waals surface area contributed by atoms with Gasteiger partial charge in [0.2, 0.25) is 5.88 Å². The molecule has 2 aromatic rings. The van der Waals surface area contributed by atoms with Crippen molar-refractivity contribution in [2.24, 2.45) is 11.5 Å². The zero-order valence-electron chi connectivity index (χ0n) is 11.4. The Hall–Kier alpha value is -2.44. The first kappa shape index (κ1) is 15.0. The lowest BCUT2D eigenvalue weighted by atomic mass is 10.1. The molecule has 6 heteroatoms. The molecule has 0 saturated heterocycles. The van der Waals surface area contributed by atoms with Crippen molar-refractivity contribution in [3.63, 3.8) is 0 Å². The van der Waals surface area contributed by atoms with E-state index in [1.54, 1.807) is 24.3 Å². The third kappa shape index (κ3) is 4.01. The van der Waals surface area contributed by atoms with Crippen LogP contribution >= 0.6 is 0 Å². The molecule has 1 heterocycles. The minimum atomic E-state index is -0.594. The predicted molar refractivity (Wildman–Crippen MR) is 78.0 cm³/mol. The monoisotopic (exact) mass is 287 g/mol. The number of aliphatic hydroxyl groups excluding tert-OH is 1. The second-order valence-electron chi connectivity index (χ2n) is 4.61. The molecule has 0 aliphatic heterocycles. The van der Waals surface area contributed by atoms with Crippen molar-refractivity contribution in [1.82, 2.24) is 4.98 Å². The van der Waals surface area contributed by atoms with E-state index < -0.39 is 5.91 Å². The van der Waals surface area contributed by atoms with Crippen LogP contribution in [0.1, 0.15) is 15.9 Å². The lowest BCUT2D eigenvalue weighted by Gasteiger charge is -2.10. The maximum atomic E-state index is 11.3. The number of hydrogen-bond donors (Lipinski definition) is 3. The number of rotatable bonds is 6. The molecule has 0 radical (unpaired) electrons. The van der Waals surface area contributed by atoms with E-state index in [1.165, 1.54) is 6.20 Å². The van der Waals surface area contributed by atoms with Crippen LogP contribution in [0.4, 0.5) is 0 Å². The number of carbonyl (C=O) groups is 1. The summed E-state index contributed by atoms with van der Waals surface area (Å²) in [4.78, 5) is 15.3. The molecule has 0 saturated carbocycles. The van der Waals surface area contributed by atoms with Crippen LogP contribution in [0.25, 0.3) is 0 Å². The summed E-state index contributed by atoms with van der Waals surface area (Å²) in [6.07, 6.45) is 2.10. The van der Waals surface area contributed by atoms with Crippen molar-refractivity contribution in [1.29, 1.82) is 0 Å². The van der Waals surface area contributed by atoms with E-state index >= 15 is 0 Å². The van der Waals surface area contributed by atoms with Gasteiger partial charge in [-0.05, 0) is 36.2 Å². The van der Waals surface area contributed by atoms with Gasteiger partial charge >= 0.3 is 0 Å². The van der Waals surface area contributed by atoms with Gasteiger partial charge in [-0.3, -0.25) is 4.79 Å². The normalized spacial score (nSPS) is 11.9. The molecule has 6 nitrogen and oxygen atoms in total. The Bertz CT molecular complexity index is 614. The Morgan fingerprint density at radius 1 is 1.29 bits per heavy atom. The number of carbonyl (C=O) groups excluding carboxylic acids is 1. The first-order valence-electron chi connectivity index (χ1n) is 6.48. The van der Waals surface area contributed by atoms with E-state index in [1.807, 2.05) is 12.1 Å². The Labute approximate surface area is 122 Å². The number of hydrogen-bond acceptors (Lipinski definition) is 5. The zero-order valence-corrected chi connectivity index (χ0v) is 11.4. The molecule has 0 aliphatic rings. The predicted octanol–water partition coefficient (Wildman–Crippen LogP) is 0.835. The van der Waals surface area contributed by atoms with Crippen molar-refractivity contribution in [3.05, 3.63) is 53.7 Å². The standard InChI is InChI=1S/C15H17N3O3/c16-11(9-19)8-10-3-5-12(6-4-10)21-15-13(14(17)20)2-1-7-18-15/h1-7,11,19H,8-9,16H2,(H2,17,20). The molecule has 110 valence electrons. The summed E-state index contributed by atoms with van der Waals surface area (Å²) in [6.45, 7) is -0.0614. The fourth-order valence-electron chi connectivity index (χ4n) is 1.83. The smallest absolute Gasteiger partial charge is 0.254 e. The highest BCUT2D eigenvalue weighted by atomic mass is 16.5. The summed E-state index contributed by atoms with van der Waals surface area (Å²) >= 11 is 0. The van der Waals surface area contributed by atoms with Crippen LogP contribution in [0.5, 0.6) is 11.6 Å². The minimum absolute atomic E-state index is 0.0614. The highest BCUT2D eigenvalue weighted by Crippen LogP contribution is 2.23. The molecule has 1 atom stereocenters. The fraction of sp³-hybridized carbons (Fsp3) is 0.200. The molecule has 0 spiro atoms. The molecule has 1 amide bonds. The van der Waals surface area contributed by atoms with Crippen LogP contribution < -0.4 is 16.2 Å². The quantitative estimate of drug-likeness (QED) is 0.728. The molecular formula is C15H17N3O3. The van der Waals surface area contributed by atoms with Gasteiger partial charge in [-0.25, -0.2) is 4.98 Å². The molecule has 1 unspecified atom stereocenters. The summed E-state index contributed by atoms with van der Waals surface area (Å²) < 4.78 is 5.56. The topological polar surface area (TPSA) is 111 Å². The summed E-state index contributed by atoms with van der Waals surface area (Å²) in [5.41, 5.74) is 12.2. The first-order valence-corrected chi connectivity index (χ1v) is 6.48. The number of aliphatic hydroxyl groups is 1. The summed E-state index contributed by atoms with van der Waals surface area (Å²) in [5, 5.41) is 8.93. The van der Waals surface area contributed by atoms with E-state index in [2.05, 4.69) is 4.98 Å². The molecular weight excluding hydrogens is 270 g/mol.